The van der Waals surface area contributed by atoms with Crippen LogP contribution in [0.25, 0.3) is 0 Å². The molecule has 0 heterocycles. The van der Waals surface area contributed by atoms with Crippen molar-refractivity contribution in [1.29, 1.82) is 0 Å². The molecule has 6 heteroatoms. The molecule has 0 saturated heterocycles. The van der Waals surface area contributed by atoms with Crippen LogP contribution in [0.5, 0.6) is 0 Å². The average Bonchev–Trinajstić information content (AvgIpc) is 2.24. The highest BCUT2D eigenvalue weighted by Crippen LogP contribution is 2.27. The van der Waals surface area contributed by atoms with Gasteiger partial charge in [0.05, 0.1) is 5.69 Å². The molecule has 0 spiro atoms. The fourth-order valence-electron chi connectivity index (χ4n) is 1.24. The van der Waals surface area contributed by atoms with Crippen molar-refractivity contribution >= 4 is 91.0 Å². The SMILES string of the molecule is O=C(CCCCCl)Nc1c(I)cc(I)cc1I. The molecule has 0 aliphatic heterocycles. The minimum absolute atomic E-state index is 0.0622. The fraction of sp³-hybridized carbons (Fsp3) is 0.364. The molecular formula is C11H11ClI3NO. The van der Waals surface area contributed by atoms with Crippen molar-refractivity contribution in [3.8, 4) is 0 Å². The Balaban J connectivity index is 2.65. The lowest BCUT2D eigenvalue weighted by Gasteiger charge is -2.10. The van der Waals surface area contributed by atoms with E-state index in [9.17, 15) is 4.79 Å². The molecule has 1 aromatic rings. The second kappa shape index (κ2) is 8.36. The van der Waals surface area contributed by atoms with Crippen molar-refractivity contribution in [1.82, 2.24) is 0 Å². The highest BCUT2D eigenvalue weighted by Gasteiger charge is 2.09. The zero-order valence-electron chi connectivity index (χ0n) is 8.90. The number of hydrogen-bond acceptors (Lipinski definition) is 1. The number of benzene rings is 1. The van der Waals surface area contributed by atoms with E-state index in [0.717, 1.165) is 25.7 Å². The van der Waals surface area contributed by atoms with E-state index in [4.69, 9.17) is 11.6 Å². The highest BCUT2D eigenvalue weighted by atomic mass is 127. The van der Waals surface area contributed by atoms with Gasteiger partial charge < -0.3 is 5.32 Å². The van der Waals surface area contributed by atoms with E-state index < -0.39 is 0 Å². The largest absolute Gasteiger partial charge is 0.324 e. The molecule has 1 rings (SSSR count). The van der Waals surface area contributed by atoms with Crippen molar-refractivity contribution in [2.45, 2.75) is 19.3 Å². The van der Waals surface area contributed by atoms with Crippen molar-refractivity contribution in [2.24, 2.45) is 0 Å². The van der Waals surface area contributed by atoms with Gasteiger partial charge in [0.15, 0.2) is 0 Å². The third-order valence-corrected chi connectivity index (χ3v) is 4.65. The molecule has 1 N–H and O–H groups in total. The number of nitrogens with one attached hydrogen (secondary N) is 1. The predicted octanol–water partition coefficient (Wildman–Crippen LogP) is 4.85. The number of amides is 1. The molecule has 2 nitrogen and oxygen atoms in total. The van der Waals surface area contributed by atoms with Gasteiger partial charge in [-0.3, -0.25) is 4.79 Å². The first-order chi connectivity index (χ1) is 8.04. The Hall–Kier alpha value is 1.17. The van der Waals surface area contributed by atoms with Crippen LogP contribution in [-0.2, 0) is 4.79 Å². The zero-order chi connectivity index (χ0) is 12.8. The molecule has 0 aliphatic carbocycles. The van der Waals surface area contributed by atoms with E-state index in [1.54, 1.807) is 0 Å². The Morgan fingerprint density at radius 3 is 2.29 bits per heavy atom. The van der Waals surface area contributed by atoms with Crippen LogP contribution in [0.4, 0.5) is 5.69 Å². The van der Waals surface area contributed by atoms with E-state index in [0.29, 0.717) is 12.3 Å². The van der Waals surface area contributed by atoms with Crippen LogP contribution in [0.15, 0.2) is 12.1 Å². The highest BCUT2D eigenvalue weighted by molar-refractivity contribution is 14.1. The smallest absolute Gasteiger partial charge is 0.224 e. The van der Waals surface area contributed by atoms with Crippen LogP contribution in [0.2, 0.25) is 0 Å². The summed E-state index contributed by atoms with van der Waals surface area (Å²) in [7, 11) is 0. The van der Waals surface area contributed by atoms with E-state index >= 15 is 0 Å². The summed E-state index contributed by atoms with van der Waals surface area (Å²) in [6.45, 7) is 0. The third kappa shape index (κ3) is 5.77. The van der Waals surface area contributed by atoms with Gasteiger partial charge in [-0.15, -0.1) is 11.6 Å². The molecule has 0 saturated carbocycles. The number of hydrogen-bond donors (Lipinski definition) is 1. The number of rotatable bonds is 5. The van der Waals surface area contributed by atoms with Gasteiger partial charge in [-0.1, -0.05) is 0 Å². The molecule has 0 bridgehead atoms. The third-order valence-electron chi connectivity index (χ3n) is 2.06. The predicted molar refractivity (Wildman–Crippen MR) is 97.8 cm³/mol. The van der Waals surface area contributed by atoms with Crippen molar-refractivity contribution in [2.75, 3.05) is 11.2 Å². The normalized spacial score (nSPS) is 10.4. The number of halogens is 4. The number of alkyl halides is 1. The van der Waals surface area contributed by atoms with E-state index in [2.05, 4.69) is 85.2 Å². The van der Waals surface area contributed by atoms with Gasteiger partial charge in [0.1, 0.15) is 0 Å². The van der Waals surface area contributed by atoms with Crippen LogP contribution in [0.1, 0.15) is 19.3 Å². The molecule has 0 unspecified atom stereocenters. The Bertz CT molecular complexity index is 389. The summed E-state index contributed by atoms with van der Waals surface area (Å²) in [6.07, 6.45) is 2.26. The number of unbranched alkanes of at least 4 members (excludes halogenated alkanes) is 1. The summed E-state index contributed by atoms with van der Waals surface area (Å²) in [5, 5.41) is 2.96. The average molecular weight is 589 g/mol. The summed E-state index contributed by atoms with van der Waals surface area (Å²) in [6, 6.07) is 4.11. The molecule has 0 atom stereocenters. The Morgan fingerprint density at radius 2 is 1.76 bits per heavy atom. The molecule has 17 heavy (non-hydrogen) atoms. The lowest BCUT2D eigenvalue weighted by Crippen LogP contribution is -2.13. The molecule has 0 aliphatic rings. The molecule has 1 amide bonds. The van der Waals surface area contributed by atoms with Crippen LogP contribution in [-0.4, -0.2) is 11.8 Å². The number of anilines is 1. The molecule has 1 aromatic carbocycles. The fourth-order valence-corrected chi connectivity index (χ4v) is 5.28. The summed E-state index contributed by atoms with van der Waals surface area (Å²) >= 11 is 12.3. The summed E-state index contributed by atoms with van der Waals surface area (Å²) in [4.78, 5) is 11.7. The van der Waals surface area contributed by atoms with Gasteiger partial charge in [-0.2, -0.15) is 0 Å². The van der Waals surface area contributed by atoms with Crippen LogP contribution in [0.3, 0.4) is 0 Å². The minimum atomic E-state index is 0.0622. The van der Waals surface area contributed by atoms with Crippen molar-refractivity contribution in [3.05, 3.63) is 22.8 Å². The van der Waals surface area contributed by atoms with Crippen molar-refractivity contribution < 1.29 is 4.79 Å². The van der Waals surface area contributed by atoms with Crippen LogP contribution >= 0.6 is 79.4 Å². The van der Waals surface area contributed by atoms with Gasteiger partial charge in [0.25, 0.3) is 0 Å². The molecular weight excluding hydrogens is 578 g/mol. The van der Waals surface area contributed by atoms with Crippen molar-refractivity contribution in [3.63, 3.8) is 0 Å². The lowest BCUT2D eigenvalue weighted by atomic mass is 10.2. The Kier molecular flexibility index (Phi) is 7.98. The second-order valence-corrected chi connectivity index (χ2v) is 7.39. The molecule has 0 fully saturated rings. The maximum atomic E-state index is 11.7. The standard InChI is InChI=1S/C11H11ClI3NO/c12-4-2-1-3-10(17)16-11-8(14)5-7(13)6-9(11)15/h5-6H,1-4H2,(H,16,17). The van der Waals surface area contributed by atoms with Crippen LogP contribution in [0, 0.1) is 10.7 Å². The van der Waals surface area contributed by atoms with Gasteiger partial charge in [-0.05, 0) is 92.7 Å². The number of carbonyl (C=O) groups excluding carboxylic acids is 1. The van der Waals surface area contributed by atoms with E-state index in [1.165, 1.54) is 3.57 Å². The maximum absolute atomic E-state index is 11.7. The Labute approximate surface area is 147 Å². The minimum Gasteiger partial charge on any atom is -0.324 e. The van der Waals surface area contributed by atoms with Gasteiger partial charge in [0, 0.05) is 23.0 Å². The maximum Gasteiger partial charge on any atom is 0.224 e. The first-order valence-electron chi connectivity index (χ1n) is 5.05. The van der Waals surface area contributed by atoms with Crippen LogP contribution < -0.4 is 5.32 Å². The molecule has 0 radical (unpaired) electrons. The Morgan fingerprint density at radius 1 is 1.18 bits per heavy atom. The molecule has 94 valence electrons. The summed E-state index contributed by atoms with van der Waals surface area (Å²) < 4.78 is 3.32. The van der Waals surface area contributed by atoms with Gasteiger partial charge in [-0.25, -0.2) is 0 Å². The van der Waals surface area contributed by atoms with Gasteiger partial charge >= 0.3 is 0 Å². The van der Waals surface area contributed by atoms with E-state index in [-0.39, 0.29) is 5.91 Å². The second-order valence-electron chi connectivity index (χ2n) is 3.44. The molecule has 0 aromatic heterocycles. The first kappa shape index (κ1) is 16.2. The summed E-state index contributed by atoms with van der Waals surface area (Å²) in [5.41, 5.74) is 0.919. The zero-order valence-corrected chi connectivity index (χ0v) is 16.1. The topological polar surface area (TPSA) is 29.1 Å². The summed E-state index contributed by atoms with van der Waals surface area (Å²) in [5.74, 6) is 0.679. The lowest BCUT2D eigenvalue weighted by molar-refractivity contribution is -0.116. The number of carbonyl (C=O) groups is 1. The quantitative estimate of drug-likeness (QED) is 0.297. The first-order valence-corrected chi connectivity index (χ1v) is 8.82. The monoisotopic (exact) mass is 589 g/mol. The van der Waals surface area contributed by atoms with E-state index in [1.807, 2.05) is 0 Å². The van der Waals surface area contributed by atoms with Gasteiger partial charge in [0.2, 0.25) is 5.91 Å².